The van der Waals surface area contributed by atoms with Gasteiger partial charge >= 0.3 is 0 Å². The Hall–Kier alpha value is -1.13. The van der Waals surface area contributed by atoms with Crippen molar-refractivity contribution in [1.82, 2.24) is 0 Å². The van der Waals surface area contributed by atoms with Gasteiger partial charge in [0.15, 0.2) is 5.76 Å². The highest BCUT2D eigenvalue weighted by molar-refractivity contribution is 5.94. The quantitative estimate of drug-likeness (QED) is 0.693. The van der Waals surface area contributed by atoms with Gasteiger partial charge in [-0.1, -0.05) is 0 Å². The minimum absolute atomic E-state index is 0.0629. The average Bonchev–Trinajstić information content (AvgIpc) is 2.90. The maximum absolute atomic E-state index is 11.4. The fraction of sp³-hybridized carbons (Fsp3) is 0.545. The van der Waals surface area contributed by atoms with E-state index in [0.29, 0.717) is 12.4 Å². The molecule has 0 amide bonds. The van der Waals surface area contributed by atoms with Crippen LogP contribution in [0.25, 0.3) is 0 Å². The van der Waals surface area contributed by atoms with Crippen molar-refractivity contribution in [3.8, 4) is 0 Å². The second-order valence-electron chi connectivity index (χ2n) is 3.55. The Labute approximate surface area is 88.2 Å². The number of Topliss-reactive ketones (excluding diaryl/α,β-unsaturated/α-hetero) is 1. The van der Waals surface area contributed by atoms with E-state index in [9.17, 15) is 4.79 Å². The molecule has 0 radical (unpaired) electrons. The molecule has 4 nitrogen and oxygen atoms in total. The van der Waals surface area contributed by atoms with Crippen LogP contribution in [-0.4, -0.2) is 31.7 Å². The molecule has 2 heterocycles. The molecule has 1 atom stereocenters. The lowest BCUT2D eigenvalue weighted by Gasteiger charge is -2.08. The Morgan fingerprint density at radius 3 is 3.20 bits per heavy atom. The Morgan fingerprint density at radius 2 is 2.53 bits per heavy atom. The summed E-state index contributed by atoms with van der Waals surface area (Å²) in [6, 6.07) is 3.32. The number of carbonyl (C=O) groups is 1. The summed E-state index contributed by atoms with van der Waals surface area (Å²) in [6.45, 7) is 1.36. The third-order valence-corrected chi connectivity index (χ3v) is 2.36. The van der Waals surface area contributed by atoms with E-state index in [1.54, 1.807) is 12.1 Å². The van der Waals surface area contributed by atoms with Gasteiger partial charge in [-0.2, -0.15) is 0 Å². The Balaban J connectivity index is 1.67. The molecule has 1 fully saturated rings. The van der Waals surface area contributed by atoms with Crippen LogP contribution in [0.15, 0.2) is 22.8 Å². The predicted molar refractivity (Wildman–Crippen MR) is 52.8 cm³/mol. The van der Waals surface area contributed by atoms with Crippen LogP contribution in [0, 0.1) is 0 Å². The summed E-state index contributed by atoms with van der Waals surface area (Å²) in [5.74, 6) is 0.223. The van der Waals surface area contributed by atoms with Gasteiger partial charge in [-0.3, -0.25) is 4.79 Å². The normalized spacial score (nSPS) is 20.7. The molecule has 0 bridgehead atoms. The molecule has 1 aliphatic rings. The maximum atomic E-state index is 11.4. The zero-order valence-electron chi connectivity index (χ0n) is 8.48. The van der Waals surface area contributed by atoms with Crippen molar-refractivity contribution in [3.05, 3.63) is 24.2 Å². The number of ether oxygens (including phenoxy) is 2. The van der Waals surface area contributed by atoms with Gasteiger partial charge in [0.25, 0.3) is 0 Å². The summed E-state index contributed by atoms with van der Waals surface area (Å²) in [7, 11) is 0. The number of furan rings is 1. The van der Waals surface area contributed by atoms with Gasteiger partial charge in [-0.05, 0) is 25.0 Å². The van der Waals surface area contributed by atoms with Crippen LogP contribution in [0.3, 0.4) is 0 Å². The van der Waals surface area contributed by atoms with Crippen molar-refractivity contribution < 1.29 is 18.7 Å². The third-order valence-electron chi connectivity index (χ3n) is 2.36. The molecule has 0 N–H and O–H groups in total. The molecule has 15 heavy (non-hydrogen) atoms. The average molecular weight is 210 g/mol. The van der Waals surface area contributed by atoms with E-state index in [1.165, 1.54) is 6.26 Å². The van der Waals surface area contributed by atoms with E-state index >= 15 is 0 Å². The molecule has 1 aliphatic heterocycles. The molecule has 2 rings (SSSR count). The number of hydrogen-bond acceptors (Lipinski definition) is 4. The summed E-state index contributed by atoms with van der Waals surface area (Å²) in [6.07, 6.45) is 3.75. The van der Waals surface area contributed by atoms with E-state index in [4.69, 9.17) is 13.9 Å². The molecule has 0 aliphatic carbocycles. The van der Waals surface area contributed by atoms with Gasteiger partial charge < -0.3 is 13.9 Å². The lowest BCUT2D eigenvalue weighted by Crippen LogP contribution is -2.17. The summed E-state index contributed by atoms with van der Waals surface area (Å²) < 4.78 is 15.6. The fourth-order valence-electron chi connectivity index (χ4n) is 1.57. The number of hydrogen-bond donors (Lipinski definition) is 0. The van der Waals surface area contributed by atoms with Crippen LogP contribution in [0.2, 0.25) is 0 Å². The second kappa shape index (κ2) is 5.09. The highest BCUT2D eigenvalue weighted by atomic mass is 16.5. The van der Waals surface area contributed by atoms with Crippen molar-refractivity contribution in [1.29, 1.82) is 0 Å². The standard InChI is InChI=1S/C11H14O4/c12-10(11-4-2-6-15-11)8-13-7-9-3-1-5-14-9/h2,4,6,9H,1,3,5,7-8H2. The monoisotopic (exact) mass is 210 g/mol. The minimum atomic E-state index is -0.127. The first kappa shape index (κ1) is 10.4. The summed E-state index contributed by atoms with van der Waals surface area (Å²) >= 11 is 0. The molecule has 1 unspecified atom stereocenters. The second-order valence-corrected chi connectivity index (χ2v) is 3.55. The summed E-state index contributed by atoms with van der Waals surface area (Å²) in [4.78, 5) is 11.4. The van der Waals surface area contributed by atoms with Crippen LogP contribution in [-0.2, 0) is 9.47 Å². The topological polar surface area (TPSA) is 48.7 Å². The fourth-order valence-corrected chi connectivity index (χ4v) is 1.57. The molecule has 4 heteroatoms. The molecule has 1 aromatic rings. The van der Waals surface area contributed by atoms with E-state index in [2.05, 4.69) is 0 Å². The van der Waals surface area contributed by atoms with Crippen LogP contribution in [0.5, 0.6) is 0 Å². The summed E-state index contributed by atoms with van der Waals surface area (Å²) in [5, 5.41) is 0. The van der Waals surface area contributed by atoms with Gasteiger partial charge in [0, 0.05) is 6.61 Å². The van der Waals surface area contributed by atoms with Crippen LogP contribution >= 0.6 is 0 Å². The zero-order valence-corrected chi connectivity index (χ0v) is 8.48. The summed E-state index contributed by atoms with van der Waals surface area (Å²) in [5.41, 5.74) is 0. The largest absolute Gasteiger partial charge is 0.461 e. The predicted octanol–water partition coefficient (Wildman–Crippen LogP) is 1.66. The first-order chi connectivity index (χ1) is 7.36. The Bertz CT molecular complexity index is 298. The molecule has 82 valence electrons. The number of rotatable bonds is 5. The highest BCUT2D eigenvalue weighted by Crippen LogP contribution is 2.12. The maximum Gasteiger partial charge on any atom is 0.223 e. The zero-order chi connectivity index (χ0) is 10.5. The van der Waals surface area contributed by atoms with Crippen LogP contribution in [0.4, 0.5) is 0 Å². The van der Waals surface area contributed by atoms with Gasteiger partial charge in [0.1, 0.15) is 6.61 Å². The molecule has 0 saturated carbocycles. The first-order valence-corrected chi connectivity index (χ1v) is 5.12. The van der Waals surface area contributed by atoms with Crippen molar-refractivity contribution in [2.45, 2.75) is 18.9 Å². The van der Waals surface area contributed by atoms with Gasteiger partial charge in [0.05, 0.1) is 19.0 Å². The minimum Gasteiger partial charge on any atom is -0.461 e. The SMILES string of the molecule is O=C(COCC1CCCO1)c1ccco1. The van der Waals surface area contributed by atoms with E-state index in [0.717, 1.165) is 19.4 Å². The molecule has 1 saturated heterocycles. The lowest BCUT2D eigenvalue weighted by molar-refractivity contribution is 0.0182. The molecular formula is C11H14O4. The van der Waals surface area contributed by atoms with Crippen molar-refractivity contribution >= 4 is 5.78 Å². The molecule has 0 aromatic carbocycles. The van der Waals surface area contributed by atoms with Gasteiger partial charge in [-0.15, -0.1) is 0 Å². The Morgan fingerprint density at radius 1 is 1.60 bits per heavy atom. The smallest absolute Gasteiger partial charge is 0.223 e. The lowest BCUT2D eigenvalue weighted by atomic mass is 10.2. The van der Waals surface area contributed by atoms with E-state index < -0.39 is 0 Å². The Kier molecular flexibility index (Phi) is 3.53. The number of ketones is 1. The van der Waals surface area contributed by atoms with Crippen molar-refractivity contribution in [2.24, 2.45) is 0 Å². The molecule has 0 spiro atoms. The first-order valence-electron chi connectivity index (χ1n) is 5.12. The number of carbonyl (C=O) groups excluding carboxylic acids is 1. The van der Waals surface area contributed by atoms with E-state index in [1.807, 2.05) is 0 Å². The third kappa shape index (κ3) is 2.91. The molecular weight excluding hydrogens is 196 g/mol. The van der Waals surface area contributed by atoms with Crippen molar-refractivity contribution in [3.63, 3.8) is 0 Å². The van der Waals surface area contributed by atoms with Crippen LogP contribution < -0.4 is 0 Å². The van der Waals surface area contributed by atoms with Crippen LogP contribution in [0.1, 0.15) is 23.4 Å². The van der Waals surface area contributed by atoms with E-state index in [-0.39, 0.29) is 18.5 Å². The van der Waals surface area contributed by atoms with Gasteiger partial charge in [0.2, 0.25) is 5.78 Å². The van der Waals surface area contributed by atoms with Gasteiger partial charge in [-0.25, -0.2) is 0 Å². The van der Waals surface area contributed by atoms with Crippen molar-refractivity contribution in [2.75, 3.05) is 19.8 Å². The highest BCUT2D eigenvalue weighted by Gasteiger charge is 2.16. The molecule has 1 aromatic heterocycles.